The van der Waals surface area contributed by atoms with Gasteiger partial charge in [0.2, 0.25) is 5.91 Å². The van der Waals surface area contributed by atoms with Crippen molar-refractivity contribution in [3.05, 3.63) is 52.0 Å². The number of benzene rings is 1. The van der Waals surface area contributed by atoms with Crippen LogP contribution >= 0.6 is 11.3 Å². The summed E-state index contributed by atoms with van der Waals surface area (Å²) in [4.78, 5) is 15.6. The molecule has 100 valence electrons. The largest absolute Gasteiger partial charge is 0.370 e. The summed E-state index contributed by atoms with van der Waals surface area (Å²) in [6.07, 6.45) is 0.260. The lowest BCUT2D eigenvalue weighted by molar-refractivity contribution is -0.118. The van der Waals surface area contributed by atoms with Gasteiger partial charge in [0.05, 0.1) is 16.7 Å². The topological polar surface area (TPSA) is 68.0 Å². The number of nitrogens with one attached hydrogen (secondary N) is 1. The van der Waals surface area contributed by atoms with Crippen LogP contribution in [0.5, 0.6) is 0 Å². The normalized spacial score (nSPS) is 12.3. The summed E-state index contributed by atoms with van der Waals surface area (Å²) < 4.78 is 0. The van der Waals surface area contributed by atoms with Gasteiger partial charge in [-0.3, -0.25) is 4.79 Å². The predicted molar refractivity (Wildman–Crippen MR) is 76.7 cm³/mol. The van der Waals surface area contributed by atoms with E-state index in [2.05, 4.69) is 10.3 Å². The minimum absolute atomic E-state index is 0.123. The Kier molecular flexibility index (Phi) is 4.65. The van der Waals surface area contributed by atoms with E-state index in [1.54, 1.807) is 11.3 Å². The van der Waals surface area contributed by atoms with E-state index >= 15 is 0 Å². The Bertz CT molecular complexity index is 539. The summed E-state index contributed by atoms with van der Waals surface area (Å²) >= 11 is 1.58. The van der Waals surface area contributed by atoms with Crippen molar-refractivity contribution in [1.82, 2.24) is 10.3 Å². The number of rotatable bonds is 6. The van der Waals surface area contributed by atoms with Crippen molar-refractivity contribution in [2.75, 3.05) is 0 Å². The van der Waals surface area contributed by atoms with Gasteiger partial charge in [-0.1, -0.05) is 30.3 Å². The lowest BCUT2D eigenvalue weighted by Gasteiger charge is -2.15. The van der Waals surface area contributed by atoms with Crippen LogP contribution in [0.3, 0.4) is 0 Å². The molecule has 1 aromatic carbocycles. The van der Waals surface area contributed by atoms with Gasteiger partial charge in [0.1, 0.15) is 0 Å². The van der Waals surface area contributed by atoms with Gasteiger partial charge >= 0.3 is 0 Å². The smallest absolute Gasteiger partial charge is 0.219 e. The number of amides is 1. The van der Waals surface area contributed by atoms with Gasteiger partial charge in [-0.2, -0.15) is 0 Å². The molecule has 1 amide bonds. The Hall–Kier alpha value is -1.72. The number of carbonyl (C=O) groups is 1. The highest BCUT2D eigenvalue weighted by Gasteiger charge is 2.16. The molecule has 5 heteroatoms. The molecule has 4 nitrogen and oxygen atoms in total. The minimum atomic E-state index is -0.323. The Balaban J connectivity index is 2.04. The lowest BCUT2D eigenvalue weighted by atomic mass is 10.1. The number of nitrogens with zero attached hydrogens (tertiary/aromatic N) is 1. The summed E-state index contributed by atoms with van der Waals surface area (Å²) in [7, 11) is 0. The molecule has 0 saturated carbocycles. The minimum Gasteiger partial charge on any atom is -0.370 e. The maximum absolute atomic E-state index is 11.2. The van der Waals surface area contributed by atoms with Crippen LogP contribution < -0.4 is 11.1 Å². The van der Waals surface area contributed by atoms with Crippen molar-refractivity contribution < 1.29 is 4.79 Å². The molecule has 1 heterocycles. The Labute approximate surface area is 116 Å². The average molecular weight is 275 g/mol. The molecule has 0 aliphatic heterocycles. The van der Waals surface area contributed by atoms with Crippen LogP contribution in [0.2, 0.25) is 0 Å². The number of carbonyl (C=O) groups excluding carboxylic acids is 1. The van der Waals surface area contributed by atoms with E-state index in [-0.39, 0.29) is 18.4 Å². The number of thiazole rings is 1. The molecular formula is C14H17N3OS. The highest BCUT2D eigenvalue weighted by atomic mass is 32.1. The lowest BCUT2D eigenvalue weighted by Crippen LogP contribution is -2.26. The number of aryl methyl sites for hydroxylation is 1. The third-order valence-electron chi connectivity index (χ3n) is 2.79. The van der Waals surface area contributed by atoms with Gasteiger partial charge < -0.3 is 11.1 Å². The molecule has 1 atom stereocenters. The number of primary amides is 1. The molecule has 0 fully saturated rings. The van der Waals surface area contributed by atoms with E-state index in [1.165, 1.54) is 5.56 Å². The van der Waals surface area contributed by atoms with Gasteiger partial charge in [-0.15, -0.1) is 11.3 Å². The van der Waals surface area contributed by atoms with Gasteiger partial charge in [-0.25, -0.2) is 4.98 Å². The second-order valence-corrected chi connectivity index (χ2v) is 5.44. The molecule has 19 heavy (non-hydrogen) atoms. The molecule has 0 radical (unpaired) electrons. The van der Waals surface area contributed by atoms with Crippen LogP contribution in [0.15, 0.2) is 35.7 Å². The van der Waals surface area contributed by atoms with E-state index in [1.807, 2.05) is 42.6 Å². The Morgan fingerprint density at radius 1 is 1.42 bits per heavy atom. The molecule has 0 spiro atoms. The van der Waals surface area contributed by atoms with Gasteiger partial charge in [0, 0.05) is 18.3 Å². The molecule has 0 aliphatic carbocycles. The van der Waals surface area contributed by atoms with Crippen LogP contribution in [-0.4, -0.2) is 10.9 Å². The quantitative estimate of drug-likeness (QED) is 0.849. The first-order chi connectivity index (χ1) is 9.15. The van der Waals surface area contributed by atoms with Crippen molar-refractivity contribution in [3.8, 4) is 0 Å². The van der Waals surface area contributed by atoms with E-state index in [0.717, 1.165) is 10.7 Å². The monoisotopic (exact) mass is 275 g/mol. The molecule has 0 saturated heterocycles. The van der Waals surface area contributed by atoms with Gasteiger partial charge in [0.15, 0.2) is 0 Å². The fraction of sp³-hybridized carbons (Fsp3) is 0.286. The van der Waals surface area contributed by atoms with Crippen molar-refractivity contribution in [1.29, 1.82) is 0 Å². The van der Waals surface area contributed by atoms with Crippen molar-refractivity contribution >= 4 is 17.2 Å². The fourth-order valence-electron chi connectivity index (χ4n) is 1.86. The summed E-state index contributed by atoms with van der Waals surface area (Å²) in [6.45, 7) is 2.64. The summed E-state index contributed by atoms with van der Waals surface area (Å²) in [6, 6.07) is 9.93. The molecule has 0 bridgehead atoms. The molecule has 1 unspecified atom stereocenters. The molecule has 2 aromatic rings. The van der Waals surface area contributed by atoms with Crippen LogP contribution in [-0.2, 0) is 11.3 Å². The highest BCUT2D eigenvalue weighted by Crippen LogP contribution is 2.19. The highest BCUT2D eigenvalue weighted by molar-refractivity contribution is 7.09. The number of hydrogen-bond donors (Lipinski definition) is 2. The van der Waals surface area contributed by atoms with Crippen LogP contribution in [0.4, 0.5) is 0 Å². The molecule has 0 aliphatic rings. The van der Waals surface area contributed by atoms with E-state index in [4.69, 9.17) is 5.73 Å². The Morgan fingerprint density at radius 3 is 2.74 bits per heavy atom. The second-order valence-electron chi connectivity index (χ2n) is 4.38. The maximum atomic E-state index is 11.2. The molecule has 2 rings (SSSR count). The number of nitrogens with two attached hydrogens (primary N) is 1. The second kappa shape index (κ2) is 6.45. The van der Waals surface area contributed by atoms with Crippen LogP contribution in [0, 0.1) is 6.92 Å². The zero-order chi connectivity index (χ0) is 13.7. The molecule has 3 N–H and O–H groups in total. The zero-order valence-corrected chi connectivity index (χ0v) is 11.6. The average Bonchev–Trinajstić information content (AvgIpc) is 2.82. The number of hydrogen-bond acceptors (Lipinski definition) is 4. The molecular weight excluding hydrogens is 258 g/mol. The summed E-state index contributed by atoms with van der Waals surface area (Å²) in [5, 5.41) is 6.31. The number of aromatic nitrogens is 1. The standard InChI is InChI=1S/C14H17N3OS/c1-10-17-13(9-19-10)12(7-14(15)18)16-8-11-5-3-2-4-6-11/h2-6,9,12,16H,7-8H2,1H3,(H2,15,18). The van der Waals surface area contributed by atoms with Crippen molar-refractivity contribution in [3.63, 3.8) is 0 Å². The van der Waals surface area contributed by atoms with Crippen molar-refractivity contribution in [2.45, 2.75) is 25.9 Å². The Morgan fingerprint density at radius 2 is 2.16 bits per heavy atom. The predicted octanol–water partition coefficient (Wildman–Crippen LogP) is 2.16. The fourth-order valence-corrected chi connectivity index (χ4v) is 2.53. The van der Waals surface area contributed by atoms with Crippen LogP contribution in [0.25, 0.3) is 0 Å². The third kappa shape index (κ3) is 4.15. The molecule has 1 aromatic heterocycles. The maximum Gasteiger partial charge on any atom is 0.219 e. The van der Waals surface area contributed by atoms with E-state index < -0.39 is 0 Å². The van der Waals surface area contributed by atoms with Gasteiger partial charge in [-0.05, 0) is 12.5 Å². The van der Waals surface area contributed by atoms with Gasteiger partial charge in [0.25, 0.3) is 0 Å². The third-order valence-corrected chi connectivity index (χ3v) is 3.59. The van der Waals surface area contributed by atoms with Crippen molar-refractivity contribution in [2.24, 2.45) is 5.73 Å². The SMILES string of the molecule is Cc1nc(C(CC(N)=O)NCc2ccccc2)cs1. The van der Waals surface area contributed by atoms with E-state index in [0.29, 0.717) is 6.54 Å². The van der Waals surface area contributed by atoms with E-state index in [9.17, 15) is 4.79 Å². The van der Waals surface area contributed by atoms with Crippen LogP contribution in [0.1, 0.15) is 28.7 Å². The first kappa shape index (κ1) is 13.7. The summed E-state index contributed by atoms with van der Waals surface area (Å²) in [5.74, 6) is -0.323. The first-order valence-corrected chi connectivity index (χ1v) is 7.01. The first-order valence-electron chi connectivity index (χ1n) is 6.13. The summed E-state index contributed by atoms with van der Waals surface area (Å²) in [5.41, 5.74) is 7.36. The zero-order valence-electron chi connectivity index (χ0n) is 10.8.